The first-order valence-electron chi connectivity index (χ1n) is 6.44. The van der Waals surface area contributed by atoms with Gasteiger partial charge in [-0.2, -0.15) is 15.6 Å². The van der Waals surface area contributed by atoms with Gasteiger partial charge in [-0.1, -0.05) is 18.2 Å². The summed E-state index contributed by atoms with van der Waals surface area (Å²) in [4.78, 5) is 12.1. The summed E-state index contributed by atoms with van der Waals surface area (Å²) in [5.41, 5.74) is 4.04. The summed E-state index contributed by atoms with van der Waals surface area (Å²) in [5, 5.41) is 23.7. The number of hydrazone groups is 1. The van der Waals surface area contributed by atoms with E-state index < -0.39 is 0 Å². The van der Waals surface area contributed by atoms with Gasteiger partial charge in [-0.15, -0.1) is 0 Å². The molecule has 0 saturated carbocycles. The van der Waals surface area contributed by atoms with Crippen LogP contribution in [0.1, 0.15) is 10.4 Å². The number of carbonyl (C=O) groups excluding carboxylic acids is 1. The average molecular weight is 368 g/mol. The lowest BCUT2D eigenvalue weighted by atomic mass is 10.2. The molecule has 23 heavy (non-hydrogen) atoms. The van der Waals surface area contributed by atoms with Crippen molar-refractivity contribution in [1.82, 2.24) is 0 Å². The summed E-state index contributed by atoms with van der Waals surface area (Å²) in [6.07, 6.45) is 0. The van der Waals surface area contributed by atoms with Crippen LogP contribution in [-0.4, -0.2) is 11.6 Å². The van der Waals surface area contributed by atoms with E-state index in [4.69, 9.17) is 10.5 Å². The molecule has 0 aliphatic rings. The van der Waals surface area contributed by atoms with E-state index in [-0.39, 0.29) is 11.6 Å². The highest BCUT2D eigenvalue weighted by Crippen LogP contribution is 2.26. The number of hydrogen-bond donors (Lipinski definition) is 2. The number of nitrogens with zero attached hydrogens (tertiary/aromatic N) is 3. The number of amides is 1. The SMILES string of the molecule is N#CC(C#N)=NNc1ccc(NC(=O)c2ccccc2)c(Br)c1. The Bertz CT molecular complexity index is 818. The Morgan fingerprint density at radius 3 is 2.39 bits per heavy atom. The van der Waals surface area contributed by atoms with E-state index in [1.54, 1.807) is 54.6 Å². The molecule has 2 N–H and O–H groups in total. The molecule has 7 heteroatoms. The lowest BCUT2D eigenvalue weighted by molar-refractivity contribution is 0.102. The maximum atomic E-state index is 12.1. The Hall–Kier alpha value is -3.16. The summed E-state index contributed by atoms with van der Waals surface area (Å²) in [6, 6.07) is 17.2. The molecule has 0 saturated heterocycles. The van der Waals surface area contributed by atoms with Gasteiger partial charge in [0.1, 0.15) is 12.1 Å². The first kappa shape index (κ1) is 16.2. The smallest absolute Gasteiger partial charge is 0.255 e. The van der Waals surface area contributed by atoms with Gasteiger partial charge in [0.2, 0.25) is 5.71 Å². The van der Waals surface area contributed by atoms with Crippen molar-refractivity contribution in [2.45, 2.75) is 0 Å². The third kappa shape index (κ3) is 4.40. The maximum Gasteiger partial charge on any atom is 0.255 e. The zero-order valence-electron chi connectivity index (χ0n) is 11.7. The minimum absolute atomic E-state index is 0.221. The maximum absolute atomic E-state index is 12.1. The highest BCUT2D eigenvalue weighted by atomic mass is 79.9. The second-order valence-electron chi connectivity index (χ2n) is 4.31. The fourth-order valence-corrected chi connectivity index (χ4v) is 2.14. The lowest BCUT2D eigenvalue weighted by Crippen LogP contribution is -2.12. The van der Waals surface area contributed by atoms with Crippen LogP contribution in [0.5, 0.6) is 0 Å². The molecule has 2 rings (SSSR count). The molecule has 6 nitrogen and oxygen atoms in total. The zero-order valence-corrected chi connectivity index (χ0v) is 13.3. The number of nitriles is 2. The second-order valence-corrected chi connectivity index (χ2v) is 5.16. The molecule has 0 heterocycles. The molecule has 0 unspecified atom stereocenters. The van der Waals surface area contributed by atoms with E-state index in [1.807, 2.05) is 6.07 Å². The molecule has 0 atom stereocenters. The van der Waals surface area contributed by atoms with Gasteiger partial charge in [-0.3, -0.25) is 10.2 Å². The van der Waals surface area contributed by atoms with Gasteiger partial charge in [0.15, 0.2) is 0 Å². The van der Waals surface area contributed by atoms with Gasteiger partial charge in [0.25, 0.3) is 5.91 Å². The van der Waals surface area contributed by atoms with Crippen molar-refractivity contribution in [2.24, 2.45) is 5.10 Å². The Kier molecular flexibility index (Phi) is 5.45. The van der Waals surface area contributed by atoms with E-state index in [1.165, 1.54) is 0 Å². The minimum Gasteiger partial charge on any atom is -0.321 e. The summed E-state index contributed by atoms with van der Waals surface area (Å²) in [7, 11) is 0. The molecule has 2 aromatic carbocycles. The van der Waals surface area contributed by atoms with Crippen LogP contribution in [0, 0.1) is 22.7 Å². The van der Waals surface area contributed by atoms with Crippen molar-refractivity contribution in [3.05, 3.63) is 58.6 Å². The highest BCUT2D eigenvalue weighted by Gasteiger charge is 2.08. The van der Waals surface area contributed by atoms with Crippen molar-refractivity contribution in [1.29, 1.82) is 10.5 Å². The van der Waals surface area contributed by atoms with Crippen LogP contribution in [0.3, 0.4) is 0 Å². The summed E-state index contributed by atoms with van der Waals surface area (Å²) in [5.74, 6) is -0.221. The molecule has 1 amide bonds. The predicted molar refractivity (Wildman–Crippen MR) is 90.8 cm³/mol. The number of hydrogen-bond acceptors (Lipinski definition) is 5. The number of carbonyl (C=O) groups is 1. The average Bonchev–Trinajstić information content (AvgIpc) is 2.58. The Morgan fingerprint density at radius 2 is 1.78 bits per heavy atom. The van der Waals surface area contributed by atoms with Crippen molar-refractivity contribution < 1.29 is 4.79 Å². The number of anilines is 2. The molecular weight excluding hydrogens is 358 g/mol. The molecule has 0 fully saturated rings. The van der Waals surface area contributed by atoms with Crippen molar-refractivity contribution in [3.8, 4) is 12.1 Å². The number of rotatable bonds is 4. The van der Waals surface area contributed by atoms with Gasteiger partial charge >= 0.3 is 0 Å². The molecule has 2 aromatic rings. The first-order valence-corrected chi connectivity index (χ1v) is 7.23. The van der Waals surface area contributed by atoms with E-state index in [0.29, 0.717) is 21.4 Å². The van der Waals surface area contributed by atoms with E-state index in [0.717, 1.165) is 0 Å². The highest BCUT2D eigenvalue weighted by molar-refractivity contribution is 9.10. The van der Waals surface area contributed by atoms with Crippen molar-refractivity contribution in [3.63, 3.8) is 0 Å². The topological polar surface area (TPSA) is 101 Å². The van der Waals surface area contributed by atoms with Crippen molar-refractivity contribution >= 4 is 38.9 Å². The minimum atomic E-state index is -0.275. The summed E-state index contributed by atoms with van der Waals surface area (Å²) >= 11 is 3.36. The quantitative estimate of drug-likeness (QED) is 0.637. The Labute approximate surface area is 141 Å². The van der Waals surface area contributed by atoms with Crippen LogP contribution in [0.15, 0.2) is 58.1 Å². The van der Waals surface area contributed by atoms with Gasteiger partial charge in [-0.05, 0) is 46.3 Å². The summed E-state index contributed by atoms with van der Waals surface area (Å²) < 4.78 is 0.637. The predicted octanol–water partition coefficient (Wildman–Crippen LogP) is 3.52. The van der Waals surface area contributed by atoms with Crippen LogP contribution < -0.4 is 10.7 Å². The third-order valence-electron chi connectivity index (χ3n) is 2.76. The summed E-state index contributed by atoms with van der Waals surface area (Å²) in [6.45, 7) is 0. The standard InChI is InChI=1S/C16H10BrN5O/c17-14-8-12(21-22-13(9-18)10-19)6-7-15(14)20-16(23)11-4-2-1-3-5-11/h1-8,21H,(H,20,23). The third-order valence-corrected chi connectivity index (χ3v) is 3.42. The lowest BCUT2D eigenvalue weighted by Gasteiger charge is -2.09. The van der Waals surface area contributed by atoms with Gasteiger partial charge in [-0.25, -0.2) is 0 Å². The molecule has 0 bridgehead atoms. The van der Waals surface area contributed by atoms with Crippen LogP contribution in [-0.2, 0) is 0 Å². The van der Waals surface area contributed by atoms with Crippen LogP contribution in [0.25, 0.3) is 0 Å². The Morgan fingerprint density at radius 1 is 1.09 bits per heavy atom. The van der Waals surface area contributed by atoms with Crippen LogP contribution in [0.4, 0.5) is 11.4 Å². The second kappa shape index (κ2) is 7.74. The van der Waals surface area contributed by atoms with Gasteiger partial charge in [0.05, 0.1) is 11.4 Å². The molecule has 0 aromatic heterocycles. The molecule has 0 aliphatic heterocycles. The normalized spacial score (nSPS) is 9.17. The van der Waals surface area contributed by atoms with E-state index in [9.17, 15) is 4.79 Å². The van der Waals surface area contributed by atoms with Crippen molar-refractivity contribution in [2.75, 3.05) is 10.7 Å². The number of nitrogens with one attached hydrogen (secondary N) is 2. The molecular formula is C16H10BrN5O. The number of halogens is 1. The van der Waals surface area contributed by atoms with E-state index >= 15 is 0 Å². The Balaban J connectivity index is 2.11. The monoisotopic (exact) mass is 367 g/mol. The van der Waals surface area contributed by atoms with Gasteiger partial charge in [0, 0.05) is 10.0 Å². The largest absolute Gasteiger partial charge is 0.321 e. The zero-order chi connectivity index (χ0) is 16.7. The van der Waals surface area contributed by atoms with Gasteiger partial charge < -0.3 is 5.32 Å². The van der Waals surface area contributed by atoms with Crippen LogP contribution >= 0.6 is 15.9 Å². The fraction of sp³-hybridized carbons (Fsp3) is 0. The number of benzene rings is 2. The molecule has 0 radical (unpaired) electrons. The molecule has 0 aliphatic carbocycles. The molecule has 112 valence electrons. The molecule has 0 spiro atoms. The van der Waals surface area contributed by atoms with Crippen LogP contribution in [0.2, 0.25) is 0 Å². The fourth-order valence-electron chi connectivity index (χ4n) is 1.67. The first-order chi connectivity index (χ1) is 11.1. The van der Waals surface area contributed by atoms with E-state index in [2.05, 4.69) is 31.8 Å².